The maximum Gasteiger partial charge on any atom is 0.222 e. The van der Waals surface area contributed by atoms with Gasteiger partial charge in [-0.25, -0.2) is 9.98 Å². The lowest BCUT2D eigenvalue weighted by Crippen LogP contribution is -2.45. The second-order valence-corrected chi connectivity index (χ2v) is 6.70. The third kappa shape index (κ3) is 4.69. The van der Waals surface area contributed by atoms with Crippen LogP contribution in [0.3, 0.4) is 0 Å². The van der Waals surface area contributed by atoms with Crippen LogP contribution in [0.1, 0.15) is 36.6 Å². The SMILES string of the molecule is CCNC(=NCc1ncc(C)s1)NC1CCN(C(=O)CC)C1. The van der Waals surface area contributed by atoms with Gasteiger partial charge in [0.05, 0.1) is 6.54 Å². The van der Waals surface area contributed by atoms with E-state index in [4.69, 9.17) is 0 Å². The van der Waals surface area contributed by atoms with Gasteiger partial charge in [-0.3, -0.25) is 4.79 Å². The highest BCUT2D eigenvalue weighted by atomic mass is 32.1. The smallest absolute Gasteiger partial charge is 0.222 e. The van der Waals surface area contributed by atoms with Crippen molar-refractivity contribution in [1.29, 1.82) is 0 Å². The molecule has 0 aromatic carbocycles. The third-order valence-electron chi connectivity index (χ3n) is 3.57. The Balaban J connectivity index is 1.90. The summed E-state index contributed by atoms with van der Waals surface area (Å²) < 4.78 is 0. The highest BCUT2D eigenvalue weighted by molar-refractivity contribution is 7.11. The normalized spacial score (nSPS) is 18.6. The topological polar surface area (TPSA) is 69.6 Å². The lowest BCUT2D eigenvalue weighted by Gasteiger charge is -2.18. The number of amides is 1. The standard InChI is InChI=1S/C15H25N5OS/c1-4-14(21)20-7-6-12(10-20)19-15(16-5-2)18-9-13-17-8-11(3)22-13/h8,12H,4-7,9-10H2,1-3H3,(H2,16,18,19). The van der Waals surface area contributed by atoms with Crippen molar-refractivity contribution in [3.8, 4) is 0 Å². The van der Waals surface area contributed by atoms with Gasteiger partial charge in [-0.15, -0.1) is 11.3 Å². The fraction of sp³-hybridized carbons (Fsp3) is 0.667. The molecule has 6 nitrogen and oxygen atoms in total. The molecule has 1 fully saturated rings. The number of nitrogens with one attached hydrogen (secondary N) is 2. The van der Waals surface area contributed by atoms with Crippen molar-refractivity contribution in [2.75, 3.05) is 19.6 Å². The molecule has 1 unspecified atom stereocenters. The molecule has 0 bridgehead atoms. The first-order chi connectivity index (χ1) is 10.6. The first-order valence-corrected chi connectivity index (χ1v) is 8.68. The molecule has 2 rings (SSSR count). The number of thiazole rings is 1. The molecule has 1 atom stereocenters. The van der Waals surface area contributed by atoms with E-state index in [1.807, 2.05) is 31.9 Å². The van der Waals surface area contributed by atoms with E-state index in [0.717, 1.165) is 37.0 Å². The van der Waals surface area contributed by atoms with E-state index >= 15 is 0 Å². The molecule has 122 valence electrons. The number of aliphatic imine (C=N–C) groups is 1. The van der Waals surface area contributed by atoms with Gasteiger partial charge in [-0.1, -0.05) is 6.92 Å². The van der Waals surface area contributed by atoms with Crippen molar-refractivity contribution in [1.82, 2.24) is 20.5 Å². The molecular formula is C15H25N5OS. The second-order valence-electron chi connectivity index (χ2n) is 5.38. The van der Waals surface area contributed by atoms with Crippen molar-refractivity contribution in [3.63, 3.8) is 0 Å². The number of guanidine groups is 1. The summed E-state index contributed by atoms with van der Waals surface area (Å²) >= 11 is 1.67. The molecule has 2 heterocycles. The summed E-state index contributed by atoms with van der Waals surface area (Å²) in [5.74, 6) is 1.02. The van der Waals surface area contributed by atoms with Crippen LogP contribution < -0.4 is 10.6 Å². The van der Waals surface area contributed by atoms with Gasteiger partial charge in [0.2, 0.25) is 5.91 Å². The average molecular weight is 323 g/mol. The lowest BCUT2D eigenvalue weighted by molar-refractivity contribution is -0.129. The molecule has 1 aromatic heterocycles. The van der Waals surface area contributed by atoms with E-state index in [1.54, 1.807) is 11.3 Å². The number of nitrogens with zero attached hydrogens (tertiary/aromatic N) is 3. The molecule has 0 aliphatic carbocycles. The maximum absolute atomic E-state index is 11.7. The van der Waals surface area contributed by atoms with Crippen LogP contribution >= 0.6 is 11.3 Å². The number of carbonyl (C=O) groups is 1. The second kappa shape index (κ2) is 8.12. The molecule has 7 heteroatoms. The first kappa shape index (κ1) is 16.7. The van der Waals surface area contributed by atoms with Gasteiger partial charge in [0.15, 0.2) is 5.96 Å². The Labute approximate surface area is 136 Å². The van der Waals surface area contributed by atoms with E-state index in [2.05, 4.69) is 20.6 Å². The maximum atomic E-state index is 11.7. The number of rotatable bonds is 5. The van der Waals surface area contributed by atoms with Crippen LogP contribution in [0.5, 0.6) is 0 Å². The molecule has 1 aliphatic heterocycles. The Hall–Kier alpha value is -1.63. The predicted molar refractivity (Wildman–Crippen MR) is 90.1 cm³/mol. The number of likely N-dealkylation sites (tertiary alicyclic amines) is 1. The molecule has 1 saturated heterocycles. The fourth-order valence-electron chi connectivity index (χ4n) is 2.46. The zero-order valence-electron chi connectivity index (χ0n) is 13.6. The van der Waals surface area contributed by atoms with Gasteiger partial charge in [0.1, 0.15) is 5.01 Å². The lowest BCUT2D eigenvalue weighted by atomic mass is 10.3. The highest BCUT2D eigenvalue weighted by Gasteiger charge is 2.25. The fourth-order valence-corrected chi connectivity index (χ4v) is 3.17. The minimum absolute atomic E-state index is 0.226. The molecule has 1 amide bonds. The third-order valence-corrected chi connectivity index (χ3v) is 4.47. The summed E-state index contributed by atoms with van der Waals surface area (Å²) in [5.41, 5.74) is 0. The summed E-state index contributed by atoms with van der Waals surface area (Å²) in [6.45, 7) is 8.98. The summed E-state index contributed by atoms with van der Waals surface area (Å²) in [6.07, 6.45) is 3.41. The van der Waals surface area contributed by atoms with Crippen molar-refractivity contribution < 1.29 is 4.79 Å². The van der Waals surface area contributed by atoms with Crippen molar-refractivity contribution in [2.24, 2.45) is 4.99 Å². The molecule has 2 N–H and O–H groups in total. The van der Waals surface area contributed by atoms with E-state index in [-0.39, 0.29) is 11.9 Å². The predicted octanol–water partition coefficient (Wildman–Crippen LogP) is 1.52. The quantitative estimate of drug-likeness (QED) is 0.637. The van der Waals surface area contributed by atoms with E-state index < -0.39 is 0 Å². The minimum atomic E-state index is 0.226. The Morgan fingerprint density at radius 1 is 1.55 bits per heavy atom. The molecular weight excluding hydrogens is 298 g/mol. The van der Waals surface area contributed by atoms with Gasteiger partial charge in [0, 0.05) is 43.2 Å². The molecule has 22 heavy (non-hydrogen) atoms. The Morgan fingerprint density at radius 3 is 3.00 bits per heavy atom. The monoisotopic (exact) mass is 323 g/mol. The van der Waals surface area contributed by atoms with Crippen molar-refractivity contribution >= 4 is 23.2 Å². The van der Waals surface area contributed by atoms with Gasteiger partial charge in [-0.05, 0) is 20.3 Å². The van der Waals surface area contributed by atoms with Crippen LogP contribution in [0.2, 0.25) is 0 Å². The van der Waals surface area contributed by atoms with E-state index in [9.17, 15) is 4.79 Å². The summed E-state index contributed by atoms with van der Waals surface area (Å²) in [4.78, 5) is 23.8. The van der Waals surface area contributed by atoms with Crippen LogP contribution in [0.25, 0.3) is 0 Å². The Kier molecular flexibility index (Phi) is 6.18. The molecule has 1 aromatic rings. The van der Waals surface area contributed by atoms with Gasteiger partial charge >= 0.3 is 0 Å². The molecule has 0 saturated carbocycles. The van der Waals surface area contributed by atoms with Gasteiger partial charge in [-0.2, -0.15) is 0 Å². The van der Waals surface area contributed by atoms with Crippen LogP contribution in [0, 0.1) is 6.92 Å². The number of aryl methyl sites for hydroxylation is 1. The van der Waals surface area contributed by atoms with E-state index in [1.165, 1.54) is 4.88 Å². The number of hydrogen-bond donors (Lipinski definition) is 2. The van der Waals surface area contributed by atoms with Gasteiger partial charge < -0.3 is 15.5 Å². The van der Waals surface area contributed by atoms with Crippen LogP contribution in [-0.2, 0) is 11.3 Å². The minimum Gasteiger partial charge on any atom is -0.357 e. The zero-order chi connectivity index (χ0) is 15.9. The summed E-state index contributed by atoms with van der Waals surface area (Å²) in [6, 6.07) is 0.270. The number of aromatic nitrogens is 1. The van der Waals surface area contributed by atoms with Crippen molar-refractivity contribution in [3.05, 3.63) is 16.1 Å². The number of carbonyl (C=O) groups excluding carboxylic acids is 1. The average Bonchev–Trinajstić information content (AvgIpc) is 3.13. The van der Waals surface area contributed by atoms with Crippen molar-refractivity contribution in [2.45, 2.75) is 46.2 Å². The molecule has 0 radical (unpaired) electrons. The van der Waals surface area contributed by atoms with Crippen LogP contribution in [-0.4, -0.2) is 47.4 Å². The van der Waals surface area contributed by atoms with E-state index in [0.29, 0.717) is 13.0 Å². The van der Waals surface area contributed by atoms with Gasteiger partial charge in [0.25, 0.3) is 0 Å². The number of hydrogen-bond acceptors (Lipinski definition) is 4. The molecule has 0 spiro atoms. The zero-order valence-corrected chi connectivity index (χ0v) is 14.4. The summed E-state index contributed by atoms with van der Waals surface area (Å²) in [5, 5.41) is 7.70. The van der Waals surface area contributed by atoms with Crippen LogP contribution in [0.15, 0.2) is 11.2 Å². The van der Waals surface area contributed by atoms with Crippen LogP contribution in [0.4, 0.5) is 0 Å². The highest BCUT2D eigenvalue weighted by Crippen LogP contribution is 2.13. The molecule has 1 aliphatic rings. The Bertz CT molecular complexity index is 528. The Morgan fingerprint density at radius 2 is 2.36 bits per heavy atom. The largest absolute Gasteiger partial charge is 0.357 e. The summed E-state index contributed by atoms with van der Waals surface area (Å²) in [7, 11) is 0. The first-order valence-electron chi connectivity index (χ1n) is 7.86.